The molecule has 0 aromatic rings. The fourth-order valence-electron chi connectivity index (χ4n) is 6.97. The maximum absolute atomic E-state index is 12.8. The van der Waals surface area contributed by atoms with E-state index in [-0.39, 0.29) is 37.5 Å². The molecule has 346 valence electrons. The molecule has 0 saturated heterocycles. The van der Waals surface area contributed by atoms with Crippen molar-refractivity contribution in [3.8, 4) is 0 Å². The Morgan fingerprint density at radius 1 is 0.350 bits per heavy atom. The van der Waals surface area contributed by atoms with E-state index in [2.05, 4.69) is 81.5 Å². The lowest BCUT2D eigenvalue weighted by Gasteiger charge is -2.18. The van der Waals surface area contributed by atoms with Crippen LogP contribution in [0.3, 0.4) is 0 Å². The van der Waals surface area contributed by atoms with Crippen molar-refractivity contribution in [3.05, 3.63) is 60.8 Å². The van der Waals surface area contributed by atoms with Gasteiger partial charge in [-0.1, -0.05) is 210 Å². The van der Waals surface area contributed by atoms with Crippen molar-refractivity contribution in [2.24, 2.45) is 0 Å². The Morgan fingerprint density at radius 3 is 1.12 bits per heavy atom. The molecule has 0 radical (unpaired) electrons. The van der Waals surface area contributed by atoms with E-state index in [1.165, 1.54) is 122 Å². The maximum atomic E-state index is 12.8. The van der Waals surface area contributed by atoms with Crippen LogP contribution in [0.25, 0.3) is 0 Å². The fraction of sp³-hybridized carbons (Fsp3) is 0.759. The molecule has 0 saturated carbocycles. The summed E-state index contributed by atoms with van der Waals surface area (Å²) in [5, 5.41) is 0. The third kappa shape index (κ3) is 46.2. The van der Waals surface area contributed by atoms with Crippen molar-refractivity contribution >= 4 is 17.9 Å². The predicted octanol–water partition coefficient (Wildman–Crippen LogP) is 16.5. The molecule has 0 fully saturated rings. The Labute approximate surface area is 370 Å². The highest BCUT2D eigenvalue weighted by Crippen LogP contribution is 2.15. The number of ether oxygens (including phenoxy) is 3. The average Bonchev–Trinajstić information content (AvgIpc) is 3.24. The van der Waals surface area contributed by atoms with Gasteiger partial charge in [0.05, 0.1) is 0 Å². The molecule has 1 atom stereocenters. The molecule has 6 heteroatoms. The van der Waals surface area contributed by atoms with Crippen molar-refractivity contribution in [2.45, 2.75) is 252 Å². The molecular formula is C54H94O6. The number of allylic oxidation sites excluding steroid dienone is 10. The predicted molar refractivity (Wildman–Crippen MR) is 256 cm³/mol. The van der Waals surface area contributed by atoms with Crippen LogP contribution in [-0.4, -0.2) is 37.2 Å². The fourth-order valence-corrected chi connectivity index (χ4v) is 6.97. The first-order valence-corrected chi connectivity index (χ1v) is 25.3. The lowest BCUT2D eigenvalue weighted by molar-refractivity contribution is -0.167. The maximum Gasteiger partial charge on any atom is 0.306 e. The molecule has 0 amide bonds. The summed E-state index contributed by atoms with van der Waals surface area (Å²) in [5.74, 6) is -0.952. The number of carbonyl (C=O) groups excluding carboxylic acids is 3. The molecule has 0 rings (SSSR count). The van der Waals surface area contributed by atoms with Crippen molar-refractivity contribution in [2.75, 3.05) is 13.2 Å². The van der Waals surface area contributed by atoms with E-state index >= 15 is 0 Å². The third-order valence-electron chi connectivity index (χ3n) is 10.8. The van der Waals surface area contributed by atoms with Crippen molar-refractivity contribution in [1.29, 1.82) is 0 Å². The number of hydrogen-bond donors (Lipinski definition) is 0. The van der Waals surface area contributed by atoms with Gasteiger partial charge in [-0.3, -0.25) is 14.4 Å². The van der Waals surface area contributed by atoms with Gasteiger partial charge in [0.25, 0.3) is 0 Å². The summed E-state index contributed by atoms with van der Waals surface area (Å²) in [7, 11) is 0. The number of rotatable bonds is 45. The molecule has 0 spiro atoms. The molecule has 0 aromatic heterocycles. The van der Waals surface area contributed by atoms with E-state index in [1.54, 1.807) is 0 Å². The Balaban J connectivity index is 4.40. The van der Waals surface area contributed by atoms with E-state index in [0.29, 0.717) is 19.3 Å². The van der Waals surface area contributed by atoms with Gasteiger partial charge < -0.3 is 14.2 Å². The van der Waals surface area contributed by atoms with Gasteiger partial charge in [-0.25, -0.2) is 0 Å². The smallest absolute Gasteiger partial charge is 0.306 e. The summed E-state index contributed by atoms with van der Waals surface area (Å²) in [4.78, 5) is 37.9. The summed E-state index contributed by atoms with van der Waals surface area (Å²) in [6.07, 6.45) is 59.3. The Kier molecular flexibility index (Phi) is 46.4. The quantitative estimate of drug-likeness (QED) is 0.0263. The molecule has 0 heterocycles. The van der Waals surface area contributed by atoms with Gasteiger partial charge in [-0.2, -0.15) is 0 Å². The number of esters is 3. The van der Waals surface area contributed by atoms with E-state index < -0.39 is 6.10 Å². The molecular weight excluding hydrogens is 745 g/mol. The first-order chi connectivity index (χ1) is 29.5. The van der Waals surface area contributed by atoms with Crippen molar-refractivity contribution < 1.29 is 28.6 Å². The normalized spacial score (nSPS) is 12.5. The molecule has 0 aromatic carbocycles. The lowest BCUT2D eigenvalue weighted by atomic mass is 10.0. The number of unbranched alkanes of at least 4 members (excludes halogenated alkanes) is 24. The minimum atomic E-state index is -0.794. The van der Waals surface area contributed by atoms with Crippen LogP contribution in [0.4, 0.5) is 0 Å². The Hall–Kier alpha value is -2.89. The number of hydrogen-bond acceptors (Lipinski definition) is 6. The molecule has 0 aliphatic rings. The van der Waals surface area contributed by atoms with Crippen LogP contribution < -0.4 is 0 Å². The van der Waals surface area contributed by atoms with Gasteiger partial charge in [0.15, 0.2) is 6.10 Å². The Morgan fingerprint density at radius 2 is 0.667 bits per heavy atom. The summed E-state index contributed by atoms with van der Waals surface area (Å²) in [6.45, 7) is 6.45. The van der Waals surface area contributed by atoms with E-state index in [1.807, 2.05) is 0 Å². The molecule has 6 nitrogen and oxygen atoms in total. The minimum Gasteiger partial charge on any atom is -0.462 e. The van der Waals surface area contributed by atoms with E-state index in [4.69, 9.17) is 14.2 Å². The second kappa shape index (κ2) is 48.8. The summed E-state index contributed by atoms with van der Waals surface area (Å²) >= 11 is 0. The van der Waals surface area contributed by atoms with Crippen LogP contribution in [0.15, 0.2) is 60.8 Å². The zero-order chi connectivity index (χ0) is 43.7. The first-order valence-electron chi connectivity index (χ1n) is 25.3. The van der Waals surface area contributed by atoms with Gasteiger partial charge in [0, 0.05) is 19.3 Å². The number of carbonyl (C=O) groups is 3. The third-order valence-corrected chi connectivity index (χ3v) is 10.8. The van der Waals surface area contributed by atoms with Crippen LogP contribution in [0.2, 0.25) is 0 Å². The summed E-state index contributed by atoms with van der Waals surface area (Å²) in [5.41, 5.74) is 0. The second-order valence-electron chi connectivity index (χ2n) is 16.7. The van der Waals surface area contributed by atoms with Crippen LogP contribution in [0.1, 0.15) is 245 Å². The van der Waals surface area contributed by atoms with Gasteiger partial charge >= 0.3 is 17.9 Å². The molecule has 1 unspecified atom stereocenters. The first kappa shape index (κ1) is 57.1. The molecule has 0 aliphatic carbocycles. The van der Waals surface area contributed by atoms with Crippen LogP contribution >= 0.6 is 0 Å². The summed E-state index contributed by atoms with van der Waals surface area (Å²) < 4.78 is 16.7. The van der Waals surface area contributed by atoms with Crippen LogP contribution in [-0.2, 0) is 28.6 Å². The highest BCUT2D eigenvalue weighted by Gasteiger charge is 2.19. The molecule has 0 aliphatic heterocycles. The van der Waals surface area contributed by atoms with Gasteiger partial charge in [0.2, 0.25) is 0 Å². The van der Waals surface area contributed by atoms with Crippen LogP contribution in [0, 0.1) is 0 Å². The van der Waals surface area contributed by atoms with Gasteiger partial charge in [-0.15, -0.1) is 0 Å². The zero-order valence-electron chi connectivity index (χ0n) is 39.5. The molecule has 0 N–H and O–H groups in total. The van der Waals surface area contributed by atoms with Gasteiger partial charge in [0.1, 0.15) is 13.2 Å². The monoisotopic (exact) mass is 839 g/mol. The lowest BCUT2D eigenvalue weighted by Crippen LogP contribution is -2.30. The molecule has 60 heavy (non-hydrogen) atoms. The SMILES string of the molecule is CC/C=C\C/C=C\C/C=C\CCCC(=O)OCC(COC(=O)CCCCCCCCC/C=C\C/C=C\CCCCC)OC(=O)CCCCCCCCCCCCCCCC. The highest BCUT2D eigenvalue weighted by atomic mass is 16.6. The van der Waals surface area contributed by atoms with Crippen LogP contribution in [0.5, 0.6) is 0 Å². The average molecular weight is 839 g/mol. The zero-order valence-corrected chi connectivity index (χ0v) is 39.5. The van der Waals surface area contributed by atoms with Crippen molar-refractivity contribution in [1.82, 2.24) is 0 Å². The summed E-state index contributed by atoms with van der Waals surface area (Å²) in [6, 6.07) is 0. The van der Waals surface area contributed by atoms with E-state index in [0.717, 1.165) is 77.0 Å². The largest absolute Gasteiger partial charge is 0.462 e. The second-order valence-corrected chi connectivity index (χ2v) is 16.7. The molecule has 0 bridgehead atoms. The highest BCUT2D eigenvalue weighted by molar-refractivity contribution is 5.71. The van der Waals surface area contributed by atoms with Crippen molar-refractivity contribution in [3.63, 3.8) is 0 Å². The Bertz CT molecular complexity index is 1100. The topological polar surface area (TPSA) is 78.9 Å². The van der Waals surface area contributed by atoms with Gasteiger partial charge in [-0.05, 0) is 77.0 Å². The minimum absolute atomic E-state index is 0.0925. The van der Waals surface area contributed by atoms with E-state index in [9.17, 15) is 14.4 Å². The standard InChI is InChI=1S/C54H94O6/c1-4-7-10-13-16-19-22-24-26-27-28-30-32-35-38-41-44-47-53(56)59-50-51(49-58-52(55)46-43-40-37-34-31-21-18-15-12-9-6-3)60-54(57)48-45-42-39-36-33-29-25-23-20-17-14-11-8-5-2/h9,12,16,18-19,21,24,26,34,37,51H,4-8,10-11,13-15,17,20,22-23,25,27-33,35-36,38-50H2,1-3H3/b12-9-,19-16-,21-18-,26-24-,37-34-.